The fourth-order valence-corrected chi connectivity index (χ4v) is 4.40. The summed E-state index contributed by atoms with van der Waals surface area (Å²) in [6.45, 7) is 1.85. The molecule has 0 saturated carbocycles. The van der Waals surface area contributed by atoms with Gasteiger partial charge in [-0.1, -0.05) is 24.3 Å². The lowest BCUT2D eigenvalue weighted by atomic mass is 9.95. The fourth-order valence-electron chi connectivity index (χ4n) is 3.60. The third-order valence-electron chi connectivity index (χ3n) is 5.34. The van der Waals surface area contributed by atoms with Gasteiger partial charge in [-0.15, -0.1) is 11.3 Å². The van der Waals surface area contributed by atoms with Gasteiger partial charge in [-0.3, -0.25) is 4.79 Å². The van der Waals surface area contributed by atoms with Gasteiger partial charge in [0.05, 0.1) is 13.2 Å². The lowest BCUT2D eigenvalue weighted by Crippen LogP contribution is -2.27. The molecule has 0 fully saturated rings. The molecular weight excluding hydrogens is 388 g/mol. The van der Waals surface area contributed by atoms with Crippen LogP contribution in [0.4, 0.5) is 4.79 Å². The highest BCUT2D eigenvalue weighted by atomic mass is 32.1. The van der Waals surface area contributed by atoms with Crippen LogP contribution >= 0.6 is 11.3 Å². The van der Waals surface area contributed by atoms with Gasteiger partial charge in [-0.05, 0) is 41.6 Å². The maximum atomic E-state index is 12.4. The Kier molecular flexibility index (Phi) is 4.76. The van der Waals surface area contributed by atoms with Crippen LogP contribution in [0.3, 0.4) is 0 Å². The fraction of sp³-hybridized carbons (Fsp3) is 0.182. The molecule has 2 aromatic heterocycles. The number of aromatic amines is 1. The molecule has 2 aromatic carbocycles. The molecule has 1 atom stereocenters. The monoisotopic (exact) mass is 408 g/mol. The summed E-state index contributed by atoms with van der Waals surface area (Å²) in [5.41, 5.74) is 3.38. The Morgan fingerprint density at radius 3 is 2.55 bits per heavy atom. The smallest absolute Gasteiger partial charge is 0.407 e. The zero-order valence-corrected chi connectivity index (χ0v) is 17.0. The molecule has 0 spiro atoms. The van der Waals surface area contributed by atoms with Crippen molar-refractivity contribution in [3.63, 3.8) is 0 Å². The van der Waals surface area contributed by atoms with Crippen LogP contribution in [0.25, 0.3) is 32.1 Å². The number of H-pyrrole nitrogens is 1. The van der Waals surface area contributed by atoms with E-state index in [2.05, 4.69) is 4.98 Å². The highest BCUT2D eigenvalue weighted by molar-refractivity contribution is 7.17. The zero-order valence-electron chi connectivity index (χ0n) is 16.2. The lowest BCUT2D eigenvalue weighted by molar-refractivity contribution is 0.142. The molecule has 0 saturated heterocycles. The van der Waals surface area contributed by atoms with Crippen LogP contribution in [0.1, 0.15) is 18.5 Å². The second kappa shape index (κ2) is 7.25. The largest absolute Gasteiger partial charge is 0.496 e. The first-order valence-corrected chi connectivity index (χ1v) is 9.96. The van der Waals surface area contributed by atoms with E-state index in [4.69, 9.17) is 4.74 Å². The minimum absolute atomic E-state index is 0.0977. The van der Waals surface area contributed by atoms with Gasteiger partial charge in [0.1, 0.15) is 10.4 Å². The Hall–Kier alpha value is -3.32. The number of ether oxygens (including phenoxy) is 1. The summed E-state index contributed by atoms with van der Waals surface area (Å²) in [6, 6.07) is 13.2. The van der Waals surface area contributed by atoms with Crippen molar-refractivity contribution in [2.24, 2.45) is 0 Å². The number of rotatable bonds is 4. The van der Waals surface area contributed by atoms with E-state index in [0.29, 0.717) is 10.4 Å². The number of fused-ring (bicyclic) bond motifs is 3. The number of hydrogen-bond acceptors (Lipinski definition) is 4. The van der Waals surface area contributed by atoms with Crippen molar-refractivity contribution >= 4 is 38.4 Å². The van der Waals surface area contributed by atoms with Gasteiger partial charge in [0.15, 0.2) is 0 Å². The van der Waals surface area contributed by atoms with Crippen LogP contribution in [-0.4, -0.2) is 35.2 Å². The lowest BCUT2D eigenvalue weighted by Gasteiger charge is -2.22. The summed E-state index contributed by atoms with van der Waals surface area (Å²) >= 11 is 1.41. The maximum absolute atomic E-state index is 12.4. The summed E-state index contributed by atoms with van der Waals surface area (Å²) in [5, 5.41) is 13.0. The summed E-state index contributed by atoms with van der Waals surface area (Å²) in [7, 11) is 3.18. The van der Waals surface area contributed by atoms with Crippen molar-refractivity contribution in [3.8, 4) is 16.9 Å². The number of hydrogen-bond donors (Lipinski definition) is 2. The van der Waals surface area contributed by atoms with E-state index in [1.807, 2.05) is 54.8 Å². The molecule has 1 amide bonds. The van der Waals surface area contributed by atoms with Crippen molar-refractivity contribution < 1.29 is 14.6 Å². The molecule has 0 aliphatic rings. The number of thiophene rings is 1. The zero-order chi connectivity index (χ0) is 20.7. The Morgan fingerprint density at radius 1 is 1.17 bits per heavy atom. The van der Waals surface area contributed by atoms with Crippen LogP contribution in [0.5, 0.6) is 5.75 Å². The number of nitrogens with zero attached hydrogens (tertiary/aromatic N) is 1. The molecule has 6 nitrogen and oxygen atoms in total. The van der Waals surface area contributed by atoms with Crippen molar-refractivity contribution in [1.82, 2.24) is 9.88 Å². The molecule has 2 heterocycles. The third-order valence-corrected chi connectivity index (χ3v) is 6.25. The Morgan fingerprint density at radius 2 is 1.90 bits per heavy atom. The van der Waals surface area contributed by atoms with Gasteiger partial charge in [0.2, 0.25) is 0 Å². The molecule has 2 N–H and O–H groups in total. The number of benzene rings is 2. The van der Waals surface area contributed by atoms with Crippen molar-refractivity contribution in [2.75, 3.05) is 14.2 Å². The van der Waals surface area contributed by atoms with Crippen LogP contribution in [-0.2, 0) is 0 Å². The second-order valence-electron chi connectivity index (χ2n) is 6.87. The Bertz CT molecular complexity index is 1270. The normalized spacial score (nSPS) is 12.2. The molecule has 0 radical (unpaired) electrons. The summed E-state index contributed by atoms with van der Waals surface area (Å²) < 4.78 is 6.32. The quantitative estimate of drug-likeness (QED) is 0.493. The van der Waals surface area contributed by atoms with E-state index >= 15 is 0 Å². The number of methoxy groups -OCH3 is 1. The molecule has 7 heteroatoms. The Balaban J connectivity index is 1.92. The first kappa shape index (κ1) is 19.0. The average molecular weight is 408 g/mol. The number of carboxylic acid groups (broad SMARTS) is 1. The van der Waals surface area contributed by atoms with E-state index < -0.39 is 6.09 Å². The second-order valence-corrected chi connectivity index (χ2v) is 7.79. The van der Waals surface area contributed by atoms with Crippen molar-refractivity contribution in [3.05, 3.63) is 63.8 Å². The summed E-state index contributed by atoms with van der Waals surface area (Å²) in [5.74, 6) is 0.709. The molecule has 29 heavy (non-hydrogen) atoms. The maximum Gasteiger partial charge on any atom is 0.407 e. The molecule has 4 rings (SSSR count). The van der Waals surface area contributed by atoms with Crippen molar-refractivity contribution in [2.45, 2.75) is 13.0 Å². The summed E-state index contributed by atoms with van der Waals surface area (Å²) in [4.78, 5) is 27.8. The van der Waals surface area contributed by atoms with Gasteiger partial charge in [0.25, 0.3) is 5.56 Å². The molecular formula is C22H20N2O4S. The average Bonchev–Trinajstić information content (AvgIpc) is 3.22. The van der Waals surface area contributed by atoms with E-state index in [-0.39, 0.29) is 11.6 Å². The molecule has 1 unspecified atom stereocenters. The first-order valence-electron chi connectivity index (χ1n) is 9.08. The predicted molar refractivity (Wildman–Crippen MR) is 116 cm³/mol. The van der Waals surface area contributed by atoms with Crippen molar-refractivity contribution in [1.29, 1.82) is 0 Å². The number of nitrogens with one attached hydrogen (secondary N) is 1. The standard InChI is InChI=1S/C22H20N2O4S/c1-12(24(2)22(26)27)13-4-6-14(7-5-13)18-17(28-3)9-8-16-19(18)15-10-11-29-20(15)21(25)23-16/h4-12H,1-3H3,(H,23,25)(H,26,27). The minimum Gasteiger partial charge on any atom is -0.496 e. The highest BCUT2D eigenvalue weighted by Crippen LogP contribution is 2.40. The minimum atomic E-state index is -0.971. The van der Waals surface area contributed by atoms with Gasteiger partial charge < -0.3 is 19.7 Å². The molecule has 0 aliphatic carbocycles. The van der Waals surface area contributed by atoms with E-state index in [9.17, 15) is 14.7 Å². The van der Waals surface area contributed by atoms with Gasteiger partial charge in [-0.25, -0.2) is 4.79 Å². The number of aromatic nitrogens is 1. The summed E-state index contributed by atoms with van der Waals surface area (Å²) in [6.07, 6.45) is -0.971. The van der Waals surface area contributed by atoms with Crippen LogP contribution in [0.15, 0.2) is 52.6 Å². The van der Waals surface area contributed by atoms with Crippen LogP contribution in [0.2, 0.25) is 0 Å². The van der Waals surface area contributed by atoms with Crippen LogP contribution < -0.4 is 10.3 Å². The highest BCUT2D eigenvalue weighted by Gasteiger charge is 2.19. The SMILES string of the molecule is COc1ccc2[nH]c(=O)c3sccc3c2c1-c1ccc(C(C)N(C)C(=O)O)cc1. The third kappa shape index (κ3) is 3.13. The van der Waals surface area contributed by atoms with E-state index in [1.165, 1.54) is 16.2 Å². The molecule has 0 aliphatic heterocycles. The molecule has 0 bridgehead atoms. The predicted octanol–water partition coefficient (Wildman–Crippen LogP) is 5.09. The first-order chi connectivity index (χ1) is 13.9. The molecule has 4 aromatic rings. The van der Waals surface area contributed by atoms with Gasteiger partial charge in [-0.2, -0.15) is 0 Å². The number of carbonyl (C=O) groups is 1. The number of pyridine rings is 1. The van der Waals surface area contributed by atoms with E-state index in [0.717, 1.165) is 33.0 Å². The van der Waals surface area contributed by atoms with Gasteiger partial charge in [0, 0.05) is 28.9 Å². The topological polar surface area (TPSA) is 82.6 Å². The Labute approximate surface area is 171 Å². The number of amides is 1. The van der Waals surface area contributed by atoms with Crippen LogP contribution in [0, 0.1) is 0 Å². The van der Waals surface area contributed by atoms with Gasteiger partial charge >= 0.3 is 6.09 Å². The molecule has 148 valence electrons. The van der Waals surface area contributed by atoms with E-state index in [1.54, 1.807) is 14.2 Å².